The first-order valence-electron chi connectivity index (χ1n) is 9.58. The number of nitrogens with zero attached hydrogens (tertiary/aromatic N) is 3. The summed E-state index contributed by atoms with van der Waals surface area (Å²) < 4.78 is 13.7. The van der Waals surface area contributed by atoms with E-state index in [0.29, 0.717) is 18.5 Å². The van der Waals surface area contributed by atoms with E-state index < -0.39 is 11.4 Å². The van der Waals surface area contributed by atoms with Crippen LogP contribution in [0.1, 0.15) is 16.8 Å². The van der Waals surface area contributed by atoms with Crippen LogP contribution in [0.3, 0.4) is 0 Å². The number of rotatable bonds is 4. The Morgan fingerprint density at radius 3 is 2.37 bits per heavy atom. The van der Waals surface area contributed by atoms with Gasteiger partial charge in [0.1, 0.15) is 16.5 Å². The molecule has 164 valence electrons. The molecule has 1 aromatic heterocycles. The van der Waals surface area contributed by atoms with E-state index in [2.05, 4.69) is 27.3 Å². The van der Waals surface area contributed by atoms with E-state index in [-0.39, 0.29) is 42.4 Å². The molecule has 1 fully saturated rings. The van der Waals surface area contributed by atoms with Crippen molar-refractivity contribution in [1.82, 2.24) is 20.1 Å². The minimum atomic E-state index is -0.600. The van der Waals surface area contributed by atoms with E-state index >= 15 is 0 Å². The number of fused-ring (bicyclic) bond motifs is 1. The van der Waals surface area contributed by atoms with Gasteiger partial charge in [0.05, 0.1) is 12.2 Å². The molecule has 2 aromatic rings. The Balaban J connectivity index is 0.00000160. The summed E-state index contributed by atoms with van der Waals surface area (Å²) in [5.74, 6) is -0.395. The maximum Gasteiger partial charge on any atom is 0.243 e. The van der Waals surface area contributed by atoms with Gasteiger partial charge in [-0.05, 0) is 17.2 Å². The monoisotopic (exact) mass is 474 g/mol. The van der Waals surface area contributed by atoms with Crippen LogP contribution in [0.25, 0.3) is 0 Å². The highest BCUT2D eigenvalue weighted by molar-refractivity contribution is 6.29. The number of pyridine rings is 1. The maximum absolute atomic E-state index is 13.7. The quantitative estimate of drug-likeness (QED) is 0.690. The molecule has 9 heteroatoms. The first-order chi connectivity index (χ1) is 13.5. The van der Waals surface area contributed by atoms with Gasteiger partial charge in [0.2, 0.25) is 5.91 Å². The summed E-state index contributed by atoms with van der Waals surface area (Å²) in [6.07, 6.45) is 1.40. The summed E-state index contributed by atoms with van der Waals surface area (Å²) >= 11 is 5.88. The predicted octanol–water partition coefficient (Wildman–Crippen LogP) is 3.12. The molecule has 1 aliphatic carbocycles. The molecule has 2 heterocycles. The van der Waals surface area contributed by atoms with Gasteiger partial charge in [-0.2, -0.15) is 0 Å². The van der Waals surface area contributed by atoms with Gasteiger partial charge >= 0.3 is 0 Å². The minimum absolute atomic E-state index is 0. The molecule has 0 saturated carbocycles. The highest BCUT2D eigenvalue weighted by Gasteiger charge is 2.49. The second-order valence-electron chi connectivity index (χ2n) is 7.65. The van der Waals surface area contributed by atoms with Gasteiger partial charge < -0.3 is 10.2 Å². The number of carbonyl (C=O) groups is 1. The first kappa shape index (κ1) is 24.8. The Hall–Kier alpha value is -1.44. The van der Waals surface area contributed by atoms with Crippen molar-refractivity contribution >= 4 is 42.3 Å². The minimum Gasteiger partial charge on any atom is -0.338 e. The summed E-state index contributed by atoms with van der Waals surface area (Å²) in [5, 5.41) is 3.46. The molecule has 1 saturated heterocycles. The molecular weight excluding hydrogens is 450 g/mol. The largest absolute Gasteiger partial charge is 0.338 e. The van der Waals surface area contributed by atoms with Gasteiger partial charge in [-0.3, -0.25) is 9.69 Å². The lowest BCUT2D eigenvalue weighted by atomic mass is 9.90. The summed E-state index contributed by atoms with van der Waals surface area (Å²) in [6.45, 7) is 3.63. The van der Waals surface area contributed by atoms with E-state index in [1.807, 2.05) is 12.1 Å². The average Bonchev–Trinajstić information content (AvgIpc) is 3.08. The molecular formula is C21H26Cl3FN4O. The lowest BCUT2D eigenvalue weighted by molar-refractivity contribution is -0.144. The van der Waals surface area contributed by atoms with Crippen molar-refractivity contribution in [3.05, 3.63) is 64.2 Å². The van der Waals surface area contributed by atoms with Gasteiger partial charge in [-0.15, -0.1) is 24.8 Å². The Morgan fingerprint density at radius 2 is 1.80 bits per heavy atom. The smallest absolute Gasteiger partial charge is 0.243 e. The molecule has 30 heavy (non-hydrogen) atoms. The normalized spacial score (nSPS) is 17.4. The lowest BCUT2D eigenvalue weighted by Gasteiger charge is -2.44. The molecule has 1 amide bonds. The second-order valence-corrected chi connectivity index (χ2v) is 8.04. The van der Waals surface area contributed by atoms with Crippen LogP contribution in [0.4, 0.5) is 4.39 Å². The maximum atomic E-state index is 13.7. The molecule has 0 atom stereocenters. The zero-order valence-corrected chi connectivity index (χ0v) is 19.1. The molecule has 2 aliphatic rings. The summed E-state index contributed by atoms with van der Waals surface area (Å²) in [5.41, 5.74) is 2.31. The number of nitrogens with one attached hydrogen (secondary N) is 1. The number of piperazine rings is 1. The Bertz CT molecular complexity index is 847. The topological polar surface area (TPSA) is 48.5 Å². The molecule has 1 aliphatic heterocycles. The number of hydrogen-bond acceptors (Lipinski definition) is 4. The standard InChI is InChI=1S/C21H24ClFN4O.2ClH/c1-26(14-18-10-17(23)11-19(22)25-18)20(28)21(27-8-6-24-7-9-27)12-15-4-2-3-5-16(15)13-21;;/h2-5,10-11,24H,6-9,12-14H2,1H3;2*1H. The molecule has 0 bridgehead atoms. The Morgan fingerprint density at radius 1 is 1.20 bits per heavy atom. The molecule has 1 aromatic carbocycles. The van der Waals surface area contributed by atoms with Crippen molar-refractivity contribution < 1.29 is 9.18 Å². The van der Waals surface area contributed by atoms with Crippen LogP contribution in [0.15, 0.2) is 36.4 Å². The fourth-order valence-corrected chi connectivity index (χ4v) is 4.68. The van der Waals surface area contributed by atoms with Gasteiger partial charge in [0, 0.05) is 52.1 Å². The summed E-state index contributed by atoms with van der Waals surface area (Å²) in [4.78, 5) is 21.9. The third-order valence-corrected chi connectivity index (χ3v) is 5.96. The zero-order valence-electron chi connectivity index (χ0n) is 16.7. The zero-order chi connectivity index (χ0) is 19.7. The van der Waals surface area contributed by atoms with Gasteiger partial charge in [-0.25, -0.2) is 9.37 Å². The van der Waals surface area contributed by atoms with Crippen LogP contribution in [0.5, 0.6) is 0 Å². The number of halogens is 4. The third-order valence-electron chi connectivity index (χ3n) is 5.76. The van der Waals surface area contributed by atoms with E-state index in [1.165, 1.54) is 23.3 Å². The molecule has 0 spiro atoms. The summed E-state index contributed by atoms with van der Waals surface area (Å²) in [7, 11) is 1.76. The van der Waals surface area contributed by atoms with Crippen LogP contribution in [0, 0.1) is 5.82 Å². The number of benzene rings is 1. The van der Waals surface area contributed by atoms with E-state index in [1.54, 1.807) is 11.9 Å². The number of carbonyl (C=O) groups excluding carboxylic acids is 1. The fourth-order valence-electron chi connectivity index (χ4n) is 4.47. The van der Waals surface area contributed by atoms with Gasteiger partial charge in [-0.1, -0.05) is 35.9 Å². The number of hydrogen-bond donors (Lipinski definition) is 1. The lowest BCUT2D eigenvalue weighted by Crippen LogP contribution is -2.63. The fraction of sp³-hybridized carbons (Fsp3) is 0.429. The number of aromatic nitrogens is 1. The molecule has 4 rings (SSSR count). The van der Waals surface area contributed by atoms with Crippen LogP contribution < -0.4 is 5.32 Å². The van der Waals surface area contributed by atoms with E-state index in [0.717, 1.165) is 26.2 Å². The van der Waals surface area contributed by atoms with Crippen LogP contribution in [0.2, 0.25) is 5.15 Å². The average molecular weight is 476 g/mol. The summed E-state index contributed by atoms with van der Waals surface area (Å²) in [6, 6.07) is 10.8. The third kappa shape index (κ3) is 4.89. The van der Waals surface area contributed by atoms with Crippen molar-refractivity contribution in [2.75, 3.05) is 33.2 Å². The van der Waals surface area contributed by atoms with Crippen molar-refractivity contribution in [1.29, 1.82) is 0 Å². The van der Waals surface area contributed by atoms with E-state index in [9.17, 15) is 9.18 Å². The second kappa shape index (κ2) is 10.2. The molecule has 0 radical (unpaired) electrons. The van der Waals surface area contributed by atoms with Crippen molar-refractivity contribution in [2.45, 2.75) is 24.9 Å². The molecule has 5 nitrogen and oxygen atoms in total. The molecule has 0 unspecified atom stereocenters. The molecule has 1 N–H and O–H groups in total. The van der Waals surface area contributed by atoms with Crippen molar-refractivity contribution in [2.24, 2.45) is 0 Å². The SMILES string of the molecule is CN(Cc1cc(F)cc(Cl)n1)C(=O)C1(N2CCNCC2)Cc2ccccc2C1.Cl.Cl. The Labute approximate surface area is 193 Å². The van der Waals surface area contributed by atoms with Crippen LogP contribution in [-0.2, 0) is 24.2 Å². The first-order valence-corrected chi connectivity index (χ1v) is 9.96. The van der Waals surface area contributed by atoms with Crippen molar-refractivity contribution in [3.8, 4) is 0 Å². The van der Waals surface area contributed by atoms with Gasteiger partial charge in [0.15, 0.2) is 0 Å². The van der Waals surface area contributed by atoms with Crippen molar-refractivity contribution in [3.63, 3.8) is 0 Å². The predicted molar refractivity (Wildman–Crippen MR) is 121 cm³/mol. The highest BCUT2D eigenvalue weighted by Crippen LogP contribution is 2.36. The van der Waals surface area contributed by atoms with Crippen LogP contribution >= 0.6 is 36.4 Å². The highest BCUT2D eigenvalue weighted by atomic mass is 35.5. The van der Waals surface area contributed by atoms with Crippen LogP contribution in [-0.4, -0.2) is 59.5 Å². The van der Waals surface area contributed by atoms with Gasteiger partial charge in [0.25, 0.3) is 0 Å². The van der Waals surface area contributed by atoms with E-state index in [4.69, 9.17) is 11.6 Å². The Kier molecular flexibility index (Phi) is 8.48. The number of amides is 1. The number of likely N-dealkylation sites (N-methyl/N-ethyl adjacent to an activating group) is 1.